The zero-order valence-electron chi connectivity index (χ0n) is 16.3. The number of nitrogens with zero attached hydrogens (tertiary/aromatic N) is 5. The predicted molar refractivity (Wildman–Crippen MR) is 108 cm³/mol. The minimum atomic E-state index is -0.102. The van der Waals surface area contributed by atoms with Crippen molar-refractivity contribution in [1.82, 2.24) is 30.0 Å². The number of rotatable bonds is 5. The lowest BCUT2D eigenvalue weighted by molar-refractivity contribution is 0.0722. The molecule has 30 heavy (non-hydrogen) atoms. The number of aromatic amines is 1. The highest BCUT2D eigenvalue weighted by molar-refractivity contribution is 5.93. The molecule has 0 bridgehead atoms. The second kappa shape index (κ2) is 7.90. The molecule has 1 aliphatic rings. The largest absolute Gasteiger partial charge is 0.445 e. The number of H-pyrrole nitrogens is 1. The van der Waals surface area contributed by atoms with E-state index < -0.39 is 0 Å². The number of amides is 1. The summed E-state index contributed by atoms with van der Waals surface area (Å²) in [5, 5.41) is 7.07. The van der Waals surface area contributed by atoms with Gasteiger partial charge in [-0.15, -0.1) is 0 Å². The van der Waals surface area contributed by atoms with Crippen LogP contribution >= 0.6 is 0 Å². The monoisotopic (exact) mass is 400 g/mol. The Hall–Kier alpha value is -3.81. The Morgan fingerprint density at radius 1 is 1.13 bits per heavy atom. The Labute approximate surface area is 173 Å². The SMILES string of the molecule is O=C(c1cc(-c2ccccn2)n[nH]1)N1CCc2oc(CCc3cccnc3)nc2C1. The van der Waals surface area contributed by atoms with Gasteiger partial charge in [-0.25, -0.2) is 4.98 Å². The topological polar surface area (TPSA) is 101 Å². The van der Waals surface area contributed by atoms with Crippen LogP contribution in [0.3, 0.4) is 0 Å². The minimum Gasteiger partial charge on any atom is -0.445 e. The van der Waals surface area contributed by atoms with Crippen molar-refractivity contribution in [3.05, 3.63) is 83.6 Å². The zero-order chi connectivity index (χ0) is 20.3. The van der Waals surface area contributed by atoms with Gasteiger partial charge in [-0.3, -0.25) is 19.9 Å². The molecule has 8 nitrogen and oxygen atoms in total. The number of aryl methyl sites for hydroxylation is 2. The molecule has 5 heterocycles. The highest BCUT2D eigenvalue weighted by Gasteiger charge is 2.27. The van der Waals surface area contributed by atoms with Gasteiger partial charge in [0.25, 0.3) is 5.91 Å². The molecule has 5 rings (SSSR count). The van der Waals surface area contributed by atoms with Crippen LogP contribution in [-0.4, -0.2) is 42.5 Å². The van der Waals surface area contributed by atoms with Crippen LogP contribution in [0.15, 0.2) is 59.4 Å². The van der Waals surface area contributed by atoms with E-state index in [4.69, 9.17) is 4.42 Å². The van der Waals surface area contributed by atoms with Gasteiger partial charge in [-0.2, -0.15) is 5.10 Å². The van der Waals surface area contributed by atoms with Crippen LogP contribution in [0.5, 0.6) is 0 Å². The second-order valence-corrected chi connectivity index (χ2v) is 7.20. The summed E-state index contributed by atoms with van der Waals surface area (Å²) in [5.74, 6) is 1.48. The molecule has 0 saturated carbocycles. The van der Waals surface area contributed by atoms with Crippen molar-refractivity contribution >= 4 is 5.91 Å². The molecule has 0 spiro atoms. The molecule has 4 aromatic rings. The fourth-order valence-electron chi connectivity index (χ4n) is 3.58. The number of nitrogens with one attached hydrogen (secondary N) is 1. The molecule has 1 N–H and O–H groups in total. The normalized spacial score (nSPS) is 13.3. The fraction of sp³-hybridized carbons (Fsp3) is 0.227. The molecule has 0 aromatic carbocycles. The molecular formula is C22H20N6O2. The average Bonchev–Trinajstić information content (AvgIpc) is 3.45. The Balaban J connectivity index is 1.26. The number of fused-ring (bicyclic) bond motifs is 1. The lowest BCUT2D eigenvalue weighted by Crippen LogP contribution is -2.36. The summed E-state index contributed by atoms with van der Waals surface area (Å²) in [6.07, 6.45) is 7.50. The van der Waals surface area contributed by atoms with Crippen molar-refractivity contribution < 1.29 is 9.21 Å². The van der Waals surface area contributed by atoms with Gasteiger partial charge in [0, 0.05) is 38.0 Å². The molecule has 0 unspecified atom stereocenters. The number of pyridine rings is 2. The fourth-order valence-corrected chi connectivity index (χ4v) is 3.58. The van der Waals surface area contributed by atoms with Gasteiger partial charge < -0.3 is 9.32 Å². The first-order valence-corrected chi connectivity index (χ1v) is 9.89. The first kappa shape index (κ1) is 18.2. The highest BCUT2D eigenvalue weighted by Crippen LogP contribution is 2.23. The number of hydrogen-bond donors (Lipinski definition) is 1. The quantitative estimate of drug-likeness (QED) is 0.553. The summed E-state index contributed by atoms with van der Waals surface area (Å²) in [5.41, 5.74) is 3.80. The molecule has 1 aliphatic heterocycles. The summed E-state index contributed by atoms with van der Waals surface area (Å²) in [4.78, 5) is 27.7. The van der Waals surface area contributed by atoms with Crippen LogP contribution in [0.25, 0.3) is 11.4 Å². The van der Waals surface area contributed by atoms with Crippen LogP contribution in [0.1, 0.15) is 33.4 Å². The van der Waals surface area contributed by atoms with Gasteiger partial charge in [0.15, 0.2) is 5.89 Å². The lowest BCUT2D eigenvalue weighted by Gasteiger charge is -2.24. The minimum absolute atomic E-state index is 0.102. The van der Waals surface area contributed by atoms with E-state index >= 15 is 0 Å². The van der Waals surface area contributed by atoms with Crippen molar-refractivity contribution in [2.75, 3.05) is 6.54 Å². The zero-order valence-corrected chi connectivity index (χ0v) is 16.3. The number of oxazole rings is 1. The molecule has 1 amide bonds. The van der Waals surface area contributed by atoms with E-state index in [1.165, 1.54) is 0 Å². The maximum atomic E-state index is 12.9. The molecule has 8 heteroatoms. The number of carbonyl (C=O) groups excluding carboxylic acids is 1. The van der Waals surface area contributed by atoms with Crippen molar-refractivity contribution in [3.8, 4) is 11.4 Å². The summed E-state index contributed by atoms with van der Waals surface area (Å²) < 4.78 is 5.93. The van der Waals surface area contributed by atoms with Crippen LogP contribution in [0, 0.1) is 0 Å². The van der Waals surface area contributed by atoms with E-state index in [-0.39, 0.29) is 5.91 Å². The van der Waals surface area contributed by atoms with Crippen LogP contribution in [0.2, 0.25) is 0 Å². The molecule has 0 fully saturated rings. The number of carbonyl (C=O) groups is 1. The molecule has 150 valence electrons. The Morgan fingerprint density at radius 2 is 2.10 bits per heavy atom. The first-order valence-electron chi connectivity index (χ1n) is 9.89. The Bertz CT molecular complexity index is 1150. The Morgan fingerprint density at radius 3 is 2.93 bits per heavy atom. The van der Waals surface area contributed by atoms with Crippen molar-refractivity contribution in [2.45, 2.75) is 25.8 Å². The van der Waals surface area contributed by atoms with Gasteiger partial charge in [-0.1, -0.05) is 12.1 Å². The van der Waals surface area contributed by atoms with Gasteiger partial charge >= 0.3 is 0 Å². The summed E-state index contributed by atoms with van der Waals surface area (Å²) in [6, 6.07) is 11.3. The van der Waals surface area contributed by atoms with Crippen LogP contribution < -0.4 is 0 Å². The first-order chi connectivity index (χ1) is 14.8. The molecule has 0 aliphatic carbocycles. The molecule has 0 radical (unpaired) electrons. The summed E-state index contributed by atoms with van der Waals surface area (Å²) >= 11 is 0. The number of hydrogen-bond acceptors (Lipinski definition) is 6. The smallest absolute Gasteiger partial charge is 0.272 e. The summed E-state index contributed by atoms with van der Waals surface area (Å²) in [6.45, 7) is 1.02. The maximum absolute atomic E-state index is 12.9. The second-order valence-electron chi connectivity index (χ2n) is 7.20. The van der Waals surface area contributed by atoms with Crippen molar-refractivity contribution in [1.29, 1.82) is 0 Å². The third kappa shape index (κ3) is 3.71. The van der Waals surface area contributed by atoms with E-state index in [1.807, 2.05) is 36.5 Å². The van der Waals surface area contributed by atoms with Crippen molar-refractivity contribution in [3.63, 3.8) is 0 Å². The van der Waals surface area contributed by atoms with E-state index in [0.717, 1.165) is 29.1 Å². The predicted octanol–water partition coefficient (Wildman–Crippen LogP) is 2.84. The maximum Gasteiger partial charge on any atom is 0.272 e. The standard InChI is InChI=1S/C22H20N6O2/c29-22(18-12-17(26-27-18)16-5-1-2-10-24-16)28-11-8-20-19(14-28)25-21(30-20)7-6-15-4-3-9-23-13-15/h1-5,9-10,12-13H,6-8,11,14H2,(H,26,27). The highest BCUT2D eigenvalue weighted by atomic mass is 16.4. The van der Waals surface area contributed by atoms with Crippen LogP contribution in [0.4, 0.5) is 0 Å². The average molecular weight is 400 g/mol. The molecule has 0 atom stereocenters. The molecule has 4 aromatic heterocycles. The molecular weight excluding hydrogens is 380 g/mol. The van der Waals surface area contributed by atoms with E-state index in [0.29, 0.717) is 43.2 Å². The van der Waals surface area contributed by atoms with Crippen LogP contribution in [-0.2, 0) is 25.8 Å². The van der Waals surface area contributed by atoms with E-state index in [9.17, 15) is 4.79 Å². The Kier molecular flexibility index (Phi) is 4.80. The van der Waals surface area contributed by atoms with E-state index in [2.05, 4.69) is 25.1 Å². The summed E-state index contributed by atoms with van der Waals surface area (Å²) in [7, 11) is 0. The van der Waals surface area contributed by atoms with Gasteiger partial charge in [0.2, 0.25) is 0 Å². The van der Waals surface area contributed by atoms with E-state index in [1.54, 1.807) is 23.4 Å². The number of aromatic nitrogens is 5. The van der Waals surface area contributed by atoms with Gasteiger partial charge in [0.05, 0.1) is 12.2 Å². The molecule has 0 saturated heterocycles. The van der Waals surface area contributed by atoms with Gasteiger partial charge in [-0.05, 0) is 36.2 Å². The third-order valence-corrected chi connectivity index (χ3v) is 5.15. The van der Waals surface area contributed by atoms with Crippen molar-refractivity contribution in [2.24, 2.45) is 0 Å². The van der Waals surface area contributed by atoms with Gasteiger partial charge in [0.1, 0.15) is 22.8 Å². The third-order valence-electron chi connectivity index (χ3n) is 5.15. The lowest BCUT2D eigenvalue weighted by atomic mass is 10.1.